The first-order valence-corrected chi connectivity index (χ1v) is 7.71. The molecule has 0 aliphatic carbocycles. The molecule has 7 heteroatoms. The largest absolute Gasteiger partial charge is 0.504 e. The highest BCUT2D eigenvalue weighted by Crippen LogP contribution is 2.26. The van der Waals surface area contributed by atoms with Gasteiger partial charge in [0.25, 0.3) is 0 Å². The summed E-state index contributed by atoms with van der Waals surface area (Å²) in [6.07, 6.45) is 1.35. The summed E-state index contributed by atoms with van der Waals surface area (Å²) >= 11 is 0. The number of hydrogen-bond acceptors (Lipinski definition) is 5. The number of nitrogens with zero attached hydrogens (tertiary/aromatic N) is 1. The number of hydrogen-bond donors (Lipinski definition) is 3. The zero-order valence-electron chi connectivity index (χ0n) is 13.7. The molecule has 0 aliphatic heterocycles. The van der Waals surface area contributed by atoms with Gasteiger partial charge in [0, 0.05) is 6.54 Å². The molecule has 0 radical (unpaired) electrons. The molecule has 0 bridgehead atoms. The summed E-state index contributed by atoms with van der Waals surface area (Å²) in [5.41, 5.74) is 3.64. The summed E-state index contributed by atoms with van der Waals surface area (Å²) in [7, 11) is 0. The number of phenolic OH excluding ortho intramolecular Hbond substituents is 1. The van der Waals surface area contributed by atoms with Gasteiger partial charge in [-0.2, -0.15) is 5.10 Å². The quantitative estimate of drug-likeness (QED) is 0.422. The van der Waals surface area contributed by atoms with Crippen LogP contribution in [0.4, 0.5) is 0 Å². The van der Waals surface area contributed by atoms with Crippen LogP contribution < -0.4 is 15.5 Å². The zero-order chi connectivity index (χ0) is 18.1. The minimum Gasteiger partial charge on any atom is -0.504 e. The smallest absolute Gasteiger partial charge is 0.329 e. The molecule has 0 saturated heterocycles. The van der Waals surface area contributed by atoms with Gasteiger partial charge in [0.05, 0.1) is 12.8 Å². The van der Waals surface area contributed by atoms with Crippen LogP contribution in [0.25, 0.3) is 0 Å². The molecule has 0 heterocycles. The lowest BCUT2D eigenvalue weighted by molar-refractivity contribution is -0.139. The van der Waals surface area contributed by atoms with Crippen molar-refractivity contribution < 1.29 is 19.4 Å². The Morgan fingerprint density at radius 2 is 1.92 bits per heavy atom. The van der Waals surface area contributed by atoms with Gasteiger partial charge in [-0.25, -0.2) is 5.43 Å². The molecule has 0 aliphatic rings. The van der Waals surface area contributed by atoms with Gasteiger partial charge in [0.1, 0.15) is 0 Å². The van der Waals surface area contributed by atoms with E-state index in [1.165, 1.54) is 12.3 Å². The minimum atomic E-state index is -0.865. The summed E-state index contributed by atoms with van der Waals surface area (Å²) in [6.45, 7) is 2.47. The van der Waals surface area contributed by atoms with Gasteiger partial charge >= 0.3 is 11.8 Å². The van der Waals surface area contributed by atoms with Crippen LogP contribution in [-0.2, 0) is 16.1 Å². The Balaban J connectivity index is 1.85. The van der Waals surface area contributed by atoms with Gasteiger partial charge in [-0.1, -0.05) is 30.3 Å². The molecular weight excluding hydrogens is 322 g/mol. The Morgan fingerprint density at radius 1 is 1.16 bits per heavy atom. The molecule has 2 aromatic rings. The van der Waals surface area contributed by atoms with E-state index in [-0.39, 0.29) is 12.3 Å². The Morgan fingerprint density at radius 3 is 2.64 bits per heavy atom. The summed E-state index contributed by atoms with van der Waals surface area (Å²) in [5.74, 6) is -1.31. The van der Waals surface area contributed by atoms with E-state index >= 15 is 0 Å². The fraction of sp³-hybridized carbons (Fsp3) is 0.167. The van der Waals surface area contributed by atoms with Crippen LogP contribution in [0.15, 0.2) is 53.6 Å². The summed E-state index contributed by atoms with van der Waals surface area (Å²) in [5, 5.41) is 15.8. The average Bonchev–Trinajstić information content (AvgIpc) is 2.63. The Bertz CT molecular complexity index is 760. The zero-order valence-corrected chi connectivity index (χ0v) is 13.7. The van der Waals surface area contributed by atoms with Crippen LogP contribution in [-0.4, -0.2) is 29.7 Å². The SMILES string of the molecule is CCOc1cc(/C=N/NC(=O)C(=O)NCc2ccccc2)ccc1O. The maximum absolute atomic E-state index is 11.7. The highest BCUT2D eigenvalue weighted by atomic mass is 16.5. The van der Waals surface area contributed by atoms with Crippen molar-refractivity contribution >= 4 is 18.0 Å². The fourth-order valence-electron chi connectivity index (χ4n) is 1.96. The molecule has 25 heavy (non-hydrogen) atoms. The predicted octanol–water partition coefficient (Wildman–Crippen LogP) is 1.56. The first kappa shape index (κ1) is 18.0. The second-order valence-corrected chi connectivity index (χ2v) is 5.03. The number of ether oxygens (including phenoxy) is 1. The molecule has 0 fully saturated rings. The standard InChI is InChI=1S/C18H19N3O4/c1-2-25-16-10-14(8-9-15(16)22)12-20-21-18(24)17(23)19-11-13-6-4-3-5-7-13/h3-10,12,22H,2,11H2,1H3,(H,19,23)(H,21,24)/b20-12+. The van der Waals surface area contributed by atoms with Gasteiger partial charge < -0.3 is 15.2 Å². The van der Waals surface area contributed by atoms with Crippen LogP contribution in [0.3, 0.4) is 0 Å². The summed E-state index contributed by atoms with van der Waals surface area (Å²) in [4.78, 5) is 23.4. The molecule has 0 atom stereocenters. The van der Waals surface area contributed by atoms with E-state index in [2.05, 4.69) is 15.8 Å². The third kappa shape index (κ3) is 5.65. The van der Waals surface area contributed by atoms with Crippen molar-refractivity contribution in [3.8, 4) is 11.5 Å². The van der Waals surface area contributed by atoms with E-state index < -0.39 is 11.8 Å². The second kappa shape index (κ2) is 9.07. The number of phenols is 1. The molecule has 0 aromatic heterocycles. The Labute approximate surface area is 145 Å². The maximum Gasteiger partial charge on any atom is 0.329 e. The molecule has 130 valence electrons. The summed E-state index contributed by atoms with van der Waals surface area (Å²) in [6, 6.07) is 13.9. The van der Waals surface area contributed by atoms with Gasteiger partial charge in [0.2, 0.25) is 0 Å². The highest BCUT2D eigenvalue weighted by Gasteiger charge is 2.11. The molecule has 3 N–H and O–H groups in total. The normalized spacial score (nSPS) is 10.4. The molecule has 7 nitrogen and oxygen atoms in total. The van der Waals surface area contributed by atoms with Gasteiger partial charge in [-0.15, -0.1) is 0 Å². The number of aromatic hydroxyl groups is 1. The molecule has 2 aromatic carbocycles. The van der Waals surface area contributed by atoms with Crippen molar-refractivity contribution in [2.24, 2.45) is 5.10 Å². The number of carbonyl (C=O) groups excluding carboxylic acids is 2. The van der Waals surface area contributed by atoms with Gasteiger partial charge in [0.15, 0.2) is 11.5 Å². The lowest BCUT2D eigenvalue weighted by Crippen LogP contribution is -2.37. The first-order chi connectivity index (χ1) is 12.1. The molecule has 0 spiro atoms. The van der Waals surface area contributed by atoms with E-state index in [4.69, 9.17) is 4.74 Å². The average molecular weight is 341 g/mol. The molecule has 2 amide bonds. The minimum absolute atomic E-state index is 0.0170. The van der Waals surface area contributed by atoms with Crippen molar-refractivity contribution in [2.45, 2.75) is 13.5 Å². The predicted molar refractivity (Wildman–Crippen MR) is 93.3 cm³/mol. The van der Waals surface area contributed by atoms with Crippen molar-refractivity contribution in [2.75, 3.05) is 6.61 Å². The van der Waals surface area contributed by atoms with Crippen LogP contribution in [0, 0.1) is 0 Å². The molecule has 2 rings (SSSR count). The van der Waals surface area contributed by atoms with E-state index in [1.807, 2.05) is 30.3 Å². The van der Waals surface area contributed by atoms with E-state index in [0.717, 1.165) is 5.56 Å². The molecule has 0 saturated carbocycles. The number of hydrazone groups is 1. The van der Waals surface area contributed by atoms with Gasteiger partial charge in [-0.3, -0.25) is 9.59 Å². The van der Waals surface area contributed by atoms with Gasteiger partial charge in [-0.05, 0) is 36.2 Å². The number of carbonyl (C=O) groups is 2. The molecule has 0 unspecified atom stereocenters. The number of benzene rings is 2. The fourth-order valence-corrected chi connectivity index (χ4v) is 1.96. The van der Waals surface area contributed by atoms with Crippen LogP contribution in [0.5, 0.6) is 11.5 Å². The van der Waals surface area contributed by atoms with E-state index in [9.17, 15) is 14.7 Å². The highest BCUT2D eigenvalue weighted by molar-refractivity contribution is 6.35. The first-order valence-electron chi connectivity index (χ1n) is 7.71. The topological polar surface area (TPSA) is 100 Å². The third-order valence-corrected chi connectivity index (χ3v) is 3.17. The van der Waals surface area contributed by atoms with Crippen molar-refractivity contribution in [1.82, 2.24) is 10.7 Å². The van der Waals surface area contributed by atoms with Crippen molar-refractivity contribution in [1.29, 1.82) is 0 Å². The maximum atomic E-state index is 11.7. The molecular formula is C18H19N3O4. The lowest BCUT2D eigenvalue weighted by Gasteiger charge is -2.06. The van der Waals surface area contributed by atoms with Crippen molar-refractivity contribution in [3.05, 3.63) is 59.7 Å². The second-order valence-electron chi connectivity index (χ2n) is 5.03. The number of rotatable bonds is 6. The monoisotopic (exact) mass is 341 g/mol. The van der Waals surface area contributed by atoms with Crippen LogP contribution in [0.1, 0.15) is 18.1 Å². The Kier molecular flexibility index (Phi) is 6.53. The van der Waals surface area contributed by atoms with E-state index in [1.54, 1.807) is 19.1 Å². The lowest BCUT2D eigenvalue weighted by atomic mass is 10.2. The summed E-state index contributed by atoms with van der Waals surface area (Å²) < 4.78 is 5.25. The number of amides is 2. The Hall–Kier alpha value is -3.35. The van der Waals surface area contributed by atoms with Crippen LogP contribution >= 0.6 is 0 Å². The third-order valence-electron chi connectivity index (χ3n) is 3.17. The van der Waals surface area contributed by atoms with Crippen molar-refractivity contribution in [3.63, 3.8) is 0 Å². The number of nitrogens with one attached hydrogen (secondary N) is 2. The van der Waals surface area contributed by atoms with Crippen LogP contribution in [0.2, 0.25) is 0 Å². The van der Waals surface area contributed by atoms with E-state index in [0.29, 0.717) is 17.9 Å².